The second kappa shape index (κ2) is 8.52. The smallest absolute Gasteiger partial charge is 0.294 e. The molecule has 1 aromatic rings. The van der Waals surface area contributed by atoms with Gasteiger partial charge in [-0.25, -0.2) is 0 Å². The molecule has 1 aromatic carbocycles. The molecule has 0 aliphatic rings. The summed E-state index contributed by atoms with van der Waals surface area (Å²) in [5.41, 5.74) is 0.235. The third-order valence-electron chi connectivity index (χ3n) is 1.82. The van der Waals surface area contributed by atoms with Gasteiger partial charge in [0.1, 0.15) is 0 Å². The summed E-state index contributed by atoms with van der Waals surface area (Å²) in [6.45, 7) is 1.34. The zero-order valence-electron chi connectivity index (χ0n) is 10.4. The van der Waals surface area contributed by atoms with Crippen LogP contribution in [0.3, 0.4) is 0 Å². The van der Waals surface area contributed by atoms with Crippen LogP contribution in [0.5, 0.6) is 0 Å². The van der Waals surface area contributed by atoms with Crippen molar-refractivity contribution < 1.29 is 22.6 Å². The Morgan fingerprint density at radius 2 is 2.00 bits per heavy atom. The summed E-state index contributed by atoms with van der Waals surface area (Å²) in [5.74, 6) is -0.478. The second-order valence-electron chi connectivity index (χ2n) is 3.33. The first-order chi connectivity index (χ1) is 8.29. The molecule has 2 N–H and O–H groups in total. The largest absolute Gasteiger partial charge is 0.325 e. The summed E-state index contributed by atoms with van der Waals surface area (Å²) in [6.07, 6.45) is 0. The summed E-state index contributed by atoms with van der Waals surface area (Å²) in [6, 6.07) is 5.20. The van der Waals surface area contributed by atoms with Crippen molar-refractivity contribution in [1.29, 1.82) is 0 Å². The van der Waals surface area contributed by atoms with Gasteiger partial charge in [0, 0.05) is 64.0 Å². The predicted octanol–water partition coefficient (Wildman–Crippen LogP) is 0.771. The molecule has 1 radical (unpaired) electrons. The molecule has 0 atom stereocenters. The molecular formula is C10H11KNO5S2. The average molecular weight is 328 g/mol. The molecule has 0 heterocycles. The minimum absolute atomic E-state index is 0. The summed E-state index contributed by atoms with van der Waals surface area (Å²) >= 11 is 0.850. The summed E-state index contributed by atoms with van der Waals surface area (Å²) < 4.78 is 30.6. The van der Waals surface area contributed by atoms with Gasteiger partial charge in [0.05, 0.1) is 10.6 Å². The quantitative estimate of drug-likeness (QED) is 0.625. The van der Waals surface area contributed by atoms with E-state index in [1.165, 1.54) is 25.1 Å². The molecule has 0 aliphatic heterocycles. The maximum atomic E-state index is 11.4. The van der Waals surface area contributed by atoms with Gasteiger partial charge in [0.15, 0.2) is 5.12 Å². The van der Waals surface area contributed by atoms with Crippen LogP contribution in [0.4, 0.5) is 5.69 Å². The van der Waals surface area contributed by atoms with Crippen LogP contribution in [0, 0.1) is 0 Å². The van der Waals surface area contributed by atoms with Gasteiger partial charge in [-0.05, 0) is 18.2 Å². The zero-order chi connectivity index (χ0) is 13.8. The molecular weight excluding hydrogens is 317 g/mol. The van der Waals surface area contributed by atoms with E-state index < -0.39 is 16.0 Å². The Kier molecular flexibility index (Phi) is 8.64. The molecule has 0 aromatic heterocycles. The third kappa shape index (κ3) is 7.56. The van der Waals surface area contributed by atoms with Gasteiger partial charge in [-0.15, -0.1) is 0 Å². The number of carbonyl (C=O) groups is 2. The number of amides is 1. The van der Waals surface area contributed by atoms with Gasteiger partial charge >= 0.3 is 0 Å². The standard InChI is InChI=1S/C10H11NO5S2.K/c1-7(12)17-6-10(13)11-8-3-2-4-9(5-8)18(14,15)16;/h2-5H,6H2,1H3,(H,11,13)(H,14,15,16);. The number of hydrogen-bond acceptors (Lipinski definition) is 5. The van der Waals surface area contributed by atoms with Gasteiger partial charge in [-0.2, -0.15) is 8.42 Å². The zero-order valence-corrected chi connectivity index (χ0v) is 15.2. The Bertz CT molecular complexity index is 573. The molecule has 0 spiro atoms. The van der Waals surface area contributed by atoms with Gasteiger partial charge in [0.2, 0.25) is 5.91 Å². The van der Waals surface area contributed by atoms with E-state index in [1.54, 1.807) is 0 Å². The van der Waals surface area contributed by atoms with E-state index in [-0.39, 0.29) is 72.8 Å². The van der Waals surface area contributed by atoms with Crippen molar-refractivity contribution in [2.45, 2.75) is 11.8 Å². The van der Waals surface area contributed by atoms with E-state index >= 15 is 0 Å². The molecule has 0 bridgehead atoms. The molecule has 0 aliphatic carbocycles. The molecule has 0 unspecified atom stereocenters. The number of benzene rings is 1. The van der Waals surface area contributed by atoms with Gasteiger partial charge in [-0.1, -0.05) is 17.8 Å². The average Bonchev–Trinajstić information content (AvgIpc) is 2.25. The first-order valence-electron chi connectivity index (χ1n) is 4.80. The number of thioether (sulfide) groups is 1. The molecule has 0 fully saturated rings. The van der Waals surface area contributed by atoms with Crippen molar-refractivity contribution in [2.24, 2.45) is 0 Å². The Labute approximate surface area is 157 Å². The molecule has 1 rings (SSSR count). The molecule has 19 heavy (non-hydrogen) atoms. The minimum atomic E-state index is -4.30. The topological polar surface area (TPSA) is 101 Å². The Balaban J connectivity index is 0.00000324. The van der Waals surface area contributed by atoms with Gasteiger partial charge in [-0.3, -0.25) is 14.1 Å². The number of anilines is 1. The first kappa shape index (κ1) is 19.3. The SMILES string of the molecule is CC(=O)SCC(=O)Nc1cccc(S(=O)(=O)O)c1.[K]. The van der Waals surface area contributed by atoms with E-state index in [0.717, 1.165) is 17.8 Å². The van der Waals surface area contributed by atoms with Crippen LogP contribution in [0.2, 0.25) is 0 Å². The molecule has 6 nitrogen and oxygen atoms in total. The van der Waals surface area contributed by atoms with Crippen molar-refractivity contribution in [3.05, 3.63) is 24.3 Å². The molecule has 9 heteroatoms. The number of carbonyl (C=O) groups excluding carboxylic acids is 2. The summed E-state index contributed by atoms with van der Waals surface area (Å²) in [7, 11) is -4.30. The van der Waals surface area contributed by atoms with Crippen LogP contribution < -0.4 is 5.32 Å². The Morgan fingerprint density at radius 3 is 2.53 bits per heavy atom. The minimum Gasteiger partial charge on any atom is -0.325 e. The Hall–Kier alpha value is 0.256. The van der Waals surface area contributed by atoms with Crippen molar-refractivity contribution in [3.8, 4) is 0 Å². The van der Waals surface area contributed by atoms with Crippen molar-refractivity contribution in [1.82, 2.24) is 0 Å². The van der Waals surface area contributed by atoms with E-state index in [1.807, 2.05) is 0 Å². The van der Waals surface area contributed by atoms with E-state index in [4.69, 9.17) is 4.55 Å². The van der Waals surface area contributed by atoms with Crippen molar-refractivity contribution in [2.75, 3.05) is 11.1 Å². The second-order valence-corrected chi connectivity index (χ2v) is 5.91. The van der Waals surface area contributed by atoms with Crippen molar-refractivity contribution in [3.63, 3.8) is 0 Å². The molecule has 0 saturated heterocycles. The van der Waals surface area contributed by atoms with E-state index in [9.17, 15) is 18.0 Å². The van der Waals surface area contributed by atoms with E-state index in [2.05, 4.69) is 5.32 Å². The number of rotatable bonds is 4. The summed E-state index contributed by atoms with van der Waals surface area (Å²) in [4.78, 5) is 21.7. The monoisotopic (exact) mass is 328 g/mol. The van der Waals surface area contributed by atoms with Crippen molar-refractivity contribution >= 4 is 90.0 Å². The van der Waals surface area contributed by atoms with Crippen LogP contribution >= 0.6 is 11.8 Å². The van der Waals surface area contributed by atoms with Gasteiger partial charge < -0.3 is 5.32 Å². The molecule has 0 saturated carbocycles. The van der Waals surface area contributed by atoms with Crippen LogP contribution in [0.1, 0.15) is 6.92 Å². The Morgan fingerprint density at radius 1 is 1.37 bits per heavy atom. The van der Waals surface area contributed by atoms with Crippen LogP contribution in [0.15, 0.2) is 29.2 Å². The fraction of sp³-hybridized carbons (Fsp3) is 0.200. The predicted molar refractivity (Wildman–Crippen MR) is 73.8 cm³/mol. The first-order valence-corrected chi connectivity index (χ1v) is 7.22. The number of nitrogens with one attached hydrogen (secondary N) is 1. The van der Waals surface area contributed by atoms with Crippen LogP contribution in [-0.2, 0) is 19.7 Å². The summed E-state index contributed by atoms with van der Waals surface area (Å²) in [5, 5.41) is 2.24. The maximum Gasteiger partial charge on any atom is 0.294 e. The van der Waals surface area contributed by atoms with E-state index in [0.29, 0.717) is 0 Å². The molecule has 99 valence electrons. The normalized spacial score (nSPS) is 10.4. The van der Waals surface area contributed by atoms with Gasteiger partial charge in [0.25, 0.3) is 10.1 Å². The molecule has 1 amide bonds. The van der Waals surface area contributed by atoms with Crippen LogP contribution in [-0.4, -0.2) is 81.1 Å². The van der Waals surface area contributed by atoms with Crippen LogP contribution in [0.25, 0.3) is 0 Å². The fourth-order valence-corrected chi connectivity index (χ4v) is 2.03. The fourth-order valence-electron chi connectivity index (χ4n) is 1.10. The number of hydrogen-bond donors (Lipinski definition) is 2. The third-order valence-corrected chi connectivity index (χ3v) is 3.48. The maximum absolute atomic E-state index is 11.4.